The molecule has 0 aromatic heterocycles. The summed E-state index contributed by atoms with van der Waals surface area (Å²) in [5.41, 5.74) is 1.21. The van der Waals surface area contributed by atoms with Crippen LogP contribution in [0.1, 0.15) is 26.3 Å². The van der Waals surface area contributed by atoms with E-state index in [-0.39, 0.29) is 18.5 Å². The fourth-order valence-corrected chi connectivity index (χ4v) is 4.32. The average Bonchev–Trinajstić information content (AvgIpc) is 2.69. The lowest BCUT2D eigenvalue weighted by atomic mass is 10.1. The van der Waals surface area contributed by atoms with E-state index in [1.54, 1.807) is 37.3 Å². The smallest absolute Gasteiger partial charge is 0.244 e. The van der Waals surface area contributed by atoms with E-state index in [9.17, 15) is 18.0 Å². The Labute approximate surface area is 192 Å². The first-order valence-electron chi connectivity index (χ1n) is 9.86. The highest BCUT2D eigenvalue weighted by atomic mass is 79.9. The highest BCUT2D eigenvalue weighted by molar-refractivity contribution is 9.10. The Hall–Kier alpha value is -2.39. The summed E-state index contributed by atoms with van der Waals surface area (Å²) < 4.78 is 26.7. The Kier molecular flexibility index (Phi) is 8.64. The van der Waals surface area contributed by atoms with E-state index in [1.165, 1.54) is 4.90 Å². The molecule has 0 bridgehead atoms. The molecule has 31 heavy (non-hydrogen) atoms. The van der Waals surface area contributed by atoms with E-state index >= 15 is 0 Å². The third-order valence-electron chi connectivity index (χ3n) is 4.56. The summed E-state index contributed by atoms with van der Waals surface area (Å²) in [6, 6.07) is 15.0. The van der Waals surface area contributed by atoms with Crippen LogP contribution in [0.5, 0.6) is 0 Å². The van der Waals surface area contributed by atoms with E-state index < -0.39 is 28.5 Å². The summed E-state index contributed by atoms with van der Waals surface area (Å²) in [6.07, 6.45) is 1.06. The molecule has 0 aliphatic heterocycles. The maximum atomic E-state index is 13.3. The van der Waals surface area contributed by atoms with E-state index in [2.05, 4.69) is 21.2 Å². The first kappa shape index (κ1) is 24.9. The fourth-order valence-electron chi connectivity index (χ4n) is 3.03. The highest BCUT2D eigenvalue weighted by Gasteiger charge is 2.30. The number of carbonyl (C=O) groups excluding carboxylic acids is 2. The van der Waals surface area contributed by atoms with Crippen LogP contribution in [0.25, 0.3) is 0 Å². The quantitative estimate of drug-likeness (QED) is 0.562. The molecular weight excluding hydrogens is 482 g/mol. The minimum Gasteiger partial charge on any atom is -0.352 e. The van der Waals surface area contributed by atoms with Crippen molar-refractivity contribution >= 4 is 43.5 Å². The number of nitrogens with one attached hydrogen (secondary N) is 1. The molecule has 0 aliphatic rings. The Morgan fingerprint density at radius 2 is 1.68 bits per heavy atom. The van der Waals surface area contributed by atoms with Crippen LogP contribution in [0.4, 0.5) is 5.69 Å². The first-order valence-corrected chi connectivity index (χ1v) is 12.5. The Bertz CT molecular complexity index is 1010. The predicted octanol–water partition coefficient (Wildman–Crippen LogP) is 3.16. The summed E-state index contributed by atoms with van der Waals surface area (Å²) in [5, 5.41) is 2.82. The minimum atomic E-state index is -3.71. The van der Waals surface area contributed by atoms with Gasteiger partial charge in [-0.2, -0.15) is 0 Å². The van der Waals surface area contributed by atoms with Crippen molar-refractivity contribution in [1.29, 1.82) is 0 Å². The van der Waals surface area contributed by atoms with Crippen LogP contribution in [-0.4, -0.2) is 50.0 Å². The largest absolute Gasteiger partial charge is 0.352 e. The molecule has 0 unspecified atom stereocenters. The number of hydrogen-bond donors (Lipinski definition) is 1. The molecule has 168 valence electrons. The number of nitrogens with zero attached hydrogens (tertiary/aromatic N) is 2. The molecule has 2 aromatic carbocycles. The normalized spacial score (nSPS) is 12.3. The van der Waals surface area contributed by atoms with Gasteiger partial charge in [-0.25, -0.2) is 8.42 Å². The van der Waals surface area contributed by atoms with Crippen LogP contribution in [-0.2, 0) is 26.2 Å². The summed E-state index contributed by atoms with van der Waals surface area (Å²) in [4.78, 5) is 27.4. The SMILES string of the molecule is CC(C)NC(=O)[C@H](C)N(Cc1cccc(Br)c1)C(=O)CN(c1ccccc1)S(C)(=O)=O. The zero-order chi connectivity index (χ0) is 23.2. The van der Waals surface area contributed by atoms with Gasteiger partial charge < -0.3 is 10.2 Å². The van der Waals surface area contributed by atoms with Crippen molar-refractivity contribution in [3.8, 4) is 0 Å². The number of hydrogen-bond acceptors (Lipinski definition) is 4. The molecule has 9 heteroatoms. The van der Waals surface area contributed by atoms with Crippen LogP contribution in [0.2, 0.25) is 0 Å². The van der Waals surface area contributed by atoms with Crippen LogP contribution in [0.15, 0.2) is 59.1 Å². The van der Waals surface area contributed by atoms with Gasteiger partial charge >= 0.3 is 0 Å². The second-order valence-corrected chi connectivity index (χ2v) is 10.4. The molecule has 0 spiro atoms. The summed E-state index contributed by atoms with van der Waals surface area (Å²) in [7, 11) is -3.71. The second-order valence-electron chi connectivity index (χ2n) is 7.60. The van der Waals surface area contributed by atoms with Gasteiger partial charge in [0.15, 0.2) is 0 Å². The zero-order valence-corrected chi connectivity index (χ0v) is 20.5. The van der Waals surface area contributed by atoms with Gasteiger partial charge in [0.25, 0.3) is 0 Å². The van der Waals surface area contributed by atoms with Crippen molar-refractivity contribution in [2.75, 3.05) is 17.1 Å². The molecule has 2 amide bonds. The number of benzene rings is 2. The van der Waals surface area contributed by atoms with Crippen molar-refractivity contribution in [2.45, 2.75) is 39.4 Å². The highest BCUT2D eigenvalue weighted by Crippen LogP contribution is 2.19. The van der Waals surface area contributed by atoms with Crippen molar-refractivity contribution in [3.63, 3.8) is 0 Å². The molecule has 0 fully saturated rings. The number of carbonyl (C=O) groups is 2. The second kappa shape index (κ2) is 10.8. The number of amides is 2. The number of rotatable bonds is 9. The molecule has 0 saturated carbocycles. The molecule has 1 atom stereocenters. The predicted molar refractivity (Wildman–Crippen MR) is 126 cm³/mol. The third-order valence-corrected chi connectivity index (χ3v) is 6.20. The van der Waals surface area contributed by atoms with E-state index in [4.69, 9.17) is 0 Å². The minimum absolute atomic E-state index is 0.0883. The van der Waals surface area contributed by atoms with Gasteiger partial charge in [-0.3, -0.25) is 13.9 Å². The van der Waals surface area contributed by atoms with Crippen LogP contribution in [0, 0.1) is 0 Å². The Morgan fingerprint density at radius 1 is 1.03 bits per heavy atom. The molecule has 0 saturated heterocycles. The van der Waals surface area contributed by atoms with Crippen molar-refractivity contribution < 1.29 is 18.0 Å². The zero-order valence-electron chi connectivity index (χ0n) is 18.1. The Morgan fingerprint density at radius 3 is 2.23 bits per heavy atom. The van der Waals surface area contributed by atoms with Crippen LogP contribution < -0.4 is 9.62 Å². The van der Waals surface area contributed by atoms with E-state index in [0.717, 1.165) is 20.6 Å². The van der Waals surface area contributed by atoms with Gasteiger partial charge in [0.05, 0.1) is 11.9 Å². The van der Waals surface area contributed by atoms with E-state index in [0.29, 0.717) is 5.69 Å². The number of anilines is 1. The molecule has 0 heterocycles. The monoisotopic (exact) mass is 509 g/mol. The van der Waals surface area contributed by atoms with Crippen LogP contribution >= 0.6 is 15.9 Å². The number of para-hydroxylation sites is 1. The molecule has 0 aliphatic carbocycles. The summed E-state index contributed by atoms with van der Waals surface area (Å²) in [6.45, 7) is 5.08. The maximum Gasteiger partial charge on any atom is 0.244 e. The van der Waals surface area contributed by atoms with Crippen molar-refractivity contribution in [3.05, 3.63) is 64.6 Å². The number of sulfonamides is 1. The lowest BCUT2D eigenvalue weighted by Crippen LogP contribution is -2.52. The lowest BCUT2D eigenvalue weighted by molar-refractivity contribution is -0.139. The van der Waals surface area contributed by atoms with Gasteiger partial charge in [0.2, 0.25) is 21.8 Å². The molecule has 1 N–H and O–H groups in total. The fraction of sp³-hybridized carbons (Fsp3) is 0.364. The Balaban J connectivity index is 2.36. The number of halogens is 1. The third kappa shape index (κ3) is 7.36. The van der Waals surface area contributed by atoms with Gasteiger partial charge in [-0.1, -0.05) is 46.3 Å². The molecule has 2 rings (SSSR count). The van der Waals surface area contributed by atoms with Crippen LogP contribution in [0.3, 0.4) is 0 Å². The van der Waals surface area contributed by atoms with E-state index in [1.807, 2.05) is 38.1 Å². The lowest BCUT2D eigenvalue weighted by Gasteiger charge is -2.32. The molecule has 2 aromatic rings. The summed E-state index contributed by atoms with van der Waals surface area (Å²) in [5.74, 6) is -0.773. The average molecular weight is 510 g/mol. The van der Waals surface area contributed by atoms with Crippen molar-refractivity contribution in [1.82, 2.24) is 10.2 Å². The van der Waals surface area contributed by atoms with Gasteiger partial charge in [-0.15, -0.1) is 0 Å². The summed E-state index contributed by atoms with van der Waals surface area (Å²) >= 11 is 3.41. The standard InChI is InChI=1S/C22H28BrN3O4S/c1-16(2)24-22(28)17(3)25(14-18-9-8-10-19(23)13-18)21(27)15-26(31(4,29)30)20-11-6-5-7-12-20/h5-13,16-17H,14-15H2,1-4H3,(H,24,28)/t17-/m0/s1. The topological polar surface area (TPSA) is 86.8 Å². The molecular formula is C22H28BrN3O4S. The maximum absolute atomic E-state index is 13.3. The van der Waals surface area contributed by atoms with Gasteiger partial charge in [0, 0.05) is 17.1 Å². The molecule has 7 nitrogen and oxygen atoms in total. The molecule has 0 radical (unpaired) electrons. The van der Waals surface area contributed by atoms with Crippen molar-refractivity contribution in [2.24, 2.45) is 0 Å². The first-order chi connectivity index (χ1) is 14.5. The van der Waals surface area contributed by atoms with Gasteiger partial charge in [0.1, 0.15) is 12.6 Å². The van der Waals surface area contributed by atoms with Gasteiger partial charge in [-0.05, 0) is 50.6 Å².